The van der Waals surface area contributed by atoms with Crippen molar-refractivity contribution in [2.24, 2.45) is 4.99 Å². The molecule has 0 spiro atoms. The number of aliphatic hydroxyl groups excluding tert-OH is 1. The van der Waals surface area contributed by atoms with Gasteiger partial charge in [-0.3, -0.25) is 0 Å². The standard InChI is InChI=1S/C22H18FN3O5/c23-14-4-6-15(7-5-14)26-21-18(22(29)30-10-2-9-27)19(28)17(31-21)11-13-12-25-20-16(13)3-1-8-24-20/h1,3-8,11-12,26-28H,2,9-10H2. The summed E-state index contributed by atoms with van der Waals surface area (Å²) in [6.45, 7) is -0.173. The number of anilines is 2. The molecular weight excluding hydrogens is 405 g/mol. The molecule has 158 valence electrons. The number of carbonyl (C=O) groups excluding carboxylic acids is 1. The average Bonchev–Trinajstić information content (AvgIpc) is 3.31. The lowest BCUT2D eigenvalue weighted by atomic mass is 10.1. The van der Waals surface area contributed by atoms with E-state index in [9.17, 15) is 14.3 Å². The van der Waals surface area contributed by atoms with Crippen LogP contribution in [0, 0.1) is 5.82 Å². The third-order valence-electron chi connectivity index (χ3n) is 4.46. The van der Waals surface area contributed by atoms with Gasteiger partial charge < -0.3 is 24.7 Å². The van der Waals surface area contributed by atoms with Crippen molar-refractivity contribution < 1.29 is 28.6 Å². The van der Waals surface area contributed by atoms with Crippen LogP contribution in [0.4, 0.5) is 21.8 Å². The Balaban J connectivity index is 1.71. The quantitative estimate of drug-likeness (QED) is 0.387. The highest BCUT2D eigenvalue weighted by Crippen LogP contribution is 2.39. The first-order valence-corrected chi connectivity index (χ1v) is 9.44. The second-order valence-corrected chi connectivity index (χ2v) is 6.60. The minimum absolute atomic E-state index is 0.0110. The largest absolute Gasteiger partial charge is 0.504 e. The maximum Gasteiger partial charge on any atom is 0.347 e. The second kappa shape index (κ2) is 8.80. The fraction of sp³-hybridized carbons (Fsp3) is 0.136. The Labute approximate surface area is 176 Å². The molecular formula is C22H18FN3O5. The Morgan fingerprint density at radius 3 is 2.84 bits per heavy atom. The van der Waals surface area contributed by atoms with Crippen LogP contribution in [-0.2, 0) is 4.74 Å². The number of aliphatic imine (C=N–C) groups is 1. The Hall–Kier alpha value is -3.98. The van der Waals surface area contributed by atoms with E-state index in [0.717, 1.165) is 5.56 Å². The van der Waals surface area contributed by atoms with Gasteiger partial charge in [0.05, 0.1) is 6.61 Å². The van der Waals surface area contributed by atoms with E-state index in [1.807, 2.05) is 6.07 Å². The molecule has 2 aromatic heterocycles. The summed E-state index contributed by atoms with van der Waals surface area (Å²) in [5.74, 6) is -1.19. The van der Waals surface area contributed by atoms with Gasteiger partial charge in [-0.05, 0) is 42.5 Å². The van der Waals surface area contributed by atoms with Crippen molar-refractivity contribution in [3.8, 4) is 5.75 Å². The number of pyridine rings is 1. The van der Waals surface area contributed by atoms with Gasteiger partial charge in [-0.25, -0.2) is 19.2 Å². The van der Waals surface area contributed by atoms with Crippen LogP contribution < -0.4 is 5.32 Å². The number of halogens is 1. The first kappa shape index (κ1) is 20.3. The number of allylic oxidation sites excluding steroid dienone is 1. The van der Waals surface area contributed by atoms with Gasteiger partial charge >= 0.3 is 5.97 Å². The topological polar surface area (TPSA) is 117 Å². The van der Waals surface area contributed by atoms with Crippen LogP contribution in [0.5, 0.6) is 5.75 Å². The van der Waals surface area contributed by atoms with Crippen molar-refractivity contribution in [3.05, 3.63) is 65.3 Å². The molecule has 1 aliphatic heterocycles. The van der Waals surface area contributed by atoms with Crippen LogP contribution in [0.15, 0.2) is 52.0 Å². The molecule has 8 nitrogen and oxygen atoms in total. The first-order valence-electron chi connectivity index (χ1n) is 9.44. The fourth-order valence-corrected chi connectivity index (χ4v) is 2.96. The summed E-state index contributed by atoms with van der Waals surface area (Å²) in [5.41, 5.74) is 1.62. The van der Waals surface area contributed by atoms with Gasteiger partial charge in [-0.15, -0.1) is 0 Å². The normalized spacial score (nSPS) is 13.4. The molecule has 31 heavy (non-hydrogen) atoms. The lowest BCUT2D eigenvalue weighted by molar-refractivity contribution is 0.0480. The number of rotatable bonds is 7. The van der Waals surface area contributed by atoms with E-state index in [0.29, 0.717) is 17.1 Å². The van der Waals surface area contributed by atoms with E-state index in [1.165, 1.54) is 30.3 Å². The third kappa shape index (κ3) is 4.31. The third-order valence-corrected chi connectivity index (χ3v) is 4.46. The summed E-state index contributed by atoms with van der Waals surface area (Å²) >= 11 is 0. The zero-order valence-electron chi connectivity index (χ0n) is 16.2. The molecule has 0 amide bonds. The SMILES string of the molecule is O=C(OCCCO)c1c(Nc2ccc(F)cc2)oc(C=C2C=Nc3ncccc32)c1O. The number of fused-ring (bicyclic) bond motifs is 1. The molecule has 9 heteroatoms. The molecule has 0 aliphatic carbocycles. The average molecular weight is 423 g/mol. The van der Waals surface area contributed by atoms with Gasteiger partial charge in [0.1, 0.15) is 5.82 Å². The van der Waals surface area contributed by atoms with Crippen LogP contribution in [0.25, 0.3) is 11.6 Å². The van der Waals surface area contributed by atoms with E-state index in [-0.39, 0.29) is 36.8 Å². The van der Waals surface area contributed by atoms with Crippen LogP contribution in [0.1, 0.15) is 28.1 Å². The molecule has 1 aliphatic rings. The molecule has 0 saturated carbocycles. The van der Waals surface area contributed by atoms with Crippen molar-refractivity contribution in [2.75, 3.05) is 18.5 Å². The maximum atomic E-state index is 13.2. The fourth-order valence-electron chi connectivity index (χ4n) is 2.96. The lowest BCUT2D eigenvalue weighted by Gasteiger charge is -2.06. The Morgan fingerprint density at radius 1 is 1.26 bits per heavy atom. The lowest BCUT2D eigenvalue weighted by Crippen LogP contribution is -2.08. The molecule has 0 atom stereocenters. The van der Waals surface area contributed by atoms with Gasteiger partial charge in [0.15, 0.2) is 22.9 Å². The van der Waals surface area contributed by atoms with Crippen LogP contribution in [0.2, 0.25) is 0 Å². The number of benzene rings is 1. The minimum atomic E-state index is -0.828. The monoisotopic (exact) mass is 423 g/mol. The zero-order chi connectivity index (χ0) is 21.8. The number of nitrogens with zero attached hydrogens (tertiary/aromatic N) is 2. The van der Waals surface area contributed by atoms with Crippen molar-refractivity contribution in [2.45, 2.75) is 6.42 Å². The second-order valence-electron chi connectivity index (χ2n) is 6.60. The number of aromatic nitrogens is 1. The first-order chi connectivity index (χ1) is 15.1. The summed E-state index contributed by atoms with van der Waals surface area (Å²) < 4.78 is 24.0. The molecule has 3 aromatic rings. The van der Waals surface area contributed by atoms with E-state index in [2.05, 4.69) is 15.3 Å². The molecule has 3 N–H and O–H groups in total. The van der Waals surface area contributed by atoms with Crippen molar-refractivity contribution in [1.29, 1.82) is 0 Å². The predicted octanol–water partition coefficient (Wildman–Crippen LogP) is 4.06. The number of aliphatic hydroxyl groups is 1. The van der Waals surface area contributed by atoms with E-state index >= 15 is 0 Å². The Morgan fingerprint density at radius 2 is 2.06 bits per heavy atom. The molecule has 4 rings (SSSR count). The smallest absolute Gasteiger partial charge is 0.347 e. The Kier molecular flexibility index (Phi) is 5.76. The van der Waals surface area contributed by atoms with Gasteiger partial charge in [-0.1, -0.05) is 0 Å². The highest BCUT2D eigenvalue weighted by Gasteiger charge is 2.27. The Bertz CT molecular complexity index is 1170. The number of hydrogen-bond acceptors (Lipinski definition) is 8. The van der Waals surface area contributed by atoms with E-state index < -0.39 is 17.5 Å². The van der Waals surface area contributed by atoms with E-state index in [1.54, 1.807) is 18.5 Å². The van der Waals surface area contributed by atoms with Gasteiger partial charge in [0.2, 0.25) is 5.88 Å². The van der Waals surface area contributed by atoms with Gasteiger partial charge in [0, 0.05) is 42.3 Å². The van der Waals surface area contributed by atoms with Gasteiger partial charge in [0.25, 0.3) is 0 Å². The van der Waals surface area contributed by atoms with Crippen molar-refractivity contribution in [3.63, 3.8) is 0 Å². The number of carbonyl (C=O) groups is 1. The number of furan rings is 1. The molecule has 0 saturated heterocycles. The predicted molar refractivity (Wildman–Crippen MR) is 112 cm³/mol. The molecule has 0 bridgehead atoms. The van der Waals surface area contributed by atoms with Crippen LogP contribution in [-0.4, -0.2) is 40.6 Å². The maximum absolute atomic E-state index is 13.2. The minimum Gasteiger partial charge on any atom is -0.504 e. The number of hydrogen-bond donors (Lipinski definition) is 3. The van der Waals surface area contributed by atoms with Crippen molar-refractivity contribution in [1.82, 2.24) is 4.98 Å². The number of aromatic hydroxyl groups is 1. The summed E-state index contributed by atoms with van der Waals surface area (Å²) in [6, 6.07) is 8.98. The zero-order valence-corrected chi connectivity index (χ0v) is 16.2. The molecule has 0 radical (unpaired) electrons. The summed E-state index contributed by atoms with van der Waals surface area (Å²) in [5, 5.41) is 22.5. The summed E-state index contributed by atoms with van der Waals surface area (Å²) in [6.07, 6.45) is 4.98. The van der Waals surface area contributed by atoms with E-state index in [4.69, 9.17) is 14.3 Å². The summed E-state index contributed by atoms with van der Waals surface area (Å²) in [7, 11) is 0. The highest BCUT2D eigenvalue weighted by atomic mass is 19.1. The van der Waals surface area contributed by atoms with Crippen LogP contribution >= 0.6 is 0 Å². The number of esters is 1. The van der Waals surface area contributed by atoms with Crippen molar-refractivity contribution >= 4 is 41.2 Å². The molecule has 0 unspecified atom stereocenters. The molecule has 1 aromatic carbocycles. The van der Waals surface area contributed by atoms with Crippen LogP contribution in [0.3, 0.4) is 0 Å². The number of nitrogens with one attached hydrogen (secondary N) is 1. The molecule has 3 heterocycles. The summed E-state index contributed by atoms with van der Waals surface area (Å²) in [4.78, 5) is 20.9. The highest BCUT2D eigenvalue weighted by molar-refractivity contribution is 6.21. The van der Waals surface area contributed by atoms with Gasteiger partial charge in [-0.2, -0.15) is 0 Å². The molecule has 0 fully saturated rings. The number of ether oxygens (including phenoxy) is 1.